The lowest BCUT2D eigenvalue weighted by Crippen LogP contribution is -2.34. The van der Waals surface area contributed by atoms with Crippen molar-refractivity contribution in [2.45, 2.75) is 27.7 Å². The van der Waals surface area contributed by atoms with Crippen molar-refractivity contribution >= 4 is 11.6 Å². The molecule has 0 atom stereocenters. The minimum Gasteiger partial charge on any atom is -0.398 e. The lowest BCUT2D eigenvalue weighted by Gasteiger charge is -2.23. The Labute approximate surface area is 103 Å². The van der Waals surface area contributed by atoms with Crippen molar-refractivity contribution in [1.29, 1.82) is 0 Å². The number of anilines is 1. The highest BCUT2D eigenvalue weighted by Crippen LogP contribution is 2.15. The maximum atomic E-state index is 12.2. The molecule has 0 aliphatic carbocycles. The summed E-state index contributed by atoms with van der Waals surface area (Å²) in [7, 11) is 0. The second kappa shape index (κ2) is 5.66. The fourth-order valence-electron chi connectivity index (χ4n) is 1.73. The van der Waals surface area contributed by atoms with E-state index in [4.69, 9.17) is 5.73 Å². The maximum absolute atomic E-state index is 12.2. The molecule has 1 heterocycles. The van der Waals surface area contributed by atoms with Crippen LogP contribution in [0.2, 0.25) is 0 Å². The van der Waals surface area contributed by atoms with Crippen LogP contribution in [0.15, 0.2) is 12.3 Å². The number of aryl methyl sites for hydroxylation is 1. The Bertz CT molecular complexity index is 402. The number of nitrogens with zero attached hydrogens (tertiary/aromatic N) is 2. The van der Waals surface area contributed by atoms with Crippen LogP contribution in [0.25, 0.3) is 0 Å². The van der Waals surface area contributed by atoms with Gasteiger partial charge in [0.05, 0.1) is 5.56 Å². The molecule has 0 aliphatic rings. The normalized spacial score (nSPS) is 10.6. The zero-order chi connectivity index (χ0) is 13.0. The van der Waals surface area contributed by atoms with Gasteiger partial charge < -0.3 is 10.6 Å². The van der Waals surface area contributed by atoms with Gasteiger partial charge in [0.2, 0.25) is 0 Å². The monoisotopic (exact) mass is 235 g/mol. The summed E-state index contributed by atoms with van der Waals surface area (Å²) in [5, 5.41) is 0. The van der Waals surface area contributed by atoms with Crippen LogP contribution >= 0.6 is 0 Å². The van der Waals surface area contributed by atoms with E-state index in [9.17, 15) is 4.79 Å². The van der Waals surface area contributed by atoms with Crippen molar-refractivity contribution in [3.63, 3.8) is 0 Å². The van der Waals surface area contributed by atoms with E-state index in [1.807, 2.05) is 13.8 Å². The molecule has 0 saturated carbocycles. The van der Waals surface area contributed by atoms with Gasteiger partial charge >= 0.3 is 0 Å². The van der Waals surface area contributed by atoms with Crippen molar-refractivity contribution in [2.75, 3.05) is 18.8 Å². The highest BCUT2D eigenvalue weighted by molar-refractivity contribution is 5.98. The van der Waals surface area contributed by atoms with Crippen LogP contribution in [-0.2, 0) is 0 Å². The molecular weight excluding hydrogens is 214 g/mol. The molecule has 1 amide bonds. The zero-order valence-corrected chi connectivity index (χ0v) is 11.0. The summed E-state index contributed by atoms with van der Waals surface area (Å²) in [6.07, 6.45) is 1.57. The first kappa shape index (κ1) is 13.5. The Morgan fingerprint density at radius 2 is 2.18 bits per heavy atom. The van der Waals surface area contributed by atoms with E-state index in [0.29, 0.717) is 23.7 Å². The molecule has 1 aromatic rings. The van der Waals surface area contributed by atoms with Gasteiger partial charge in [-0.2, -0.15) is 0 Å². The summed E-state index contributed by atoms with van der Waals surface area (Å²) in [6.45, 7) is 9.43. The molecule has 0 radical (unpaired) electrons. The largest absolute Gasteiger partial charge is 0.398 e. The molecule has 1 rings (SSSR count). The number of hydrogen-bond donors (Lipinski definition) is 1. The van der Waals surface area contributed by atoms with Crippen LogP contribution in [0.4, 0.5) is 5.69 Å². The third-order valence-corrected chi connectivity index (χ3v) is 2.56. The van der Waals surface area contributed by atoms with Crippen LogP contribution in [0.3, 0.4) is 0 Å². The first-order valence-electron chi connectivity index (χ1n) is 5.97. The summed E-state index contributed by atoms with van der Waals surface area (Å²) in [6, 6.07) is 1.73. The van der Waals surface area contributed by atoms with Crippen LogP contribution in [0.5, 0.6) is 0 Å². The Balaban J connectivity index is 2.93. The molecule has 0 aliphatic heterocycles. The highest BCUT2D eigenvalue weighted by atomic mass is 16.2. The molecule has 1 aromatic heterocycles. The van der Waals surface area contributed by atoms with Gasteiger partial charge in [-0.05, 0) is 25.8 Å². The van der Waals surface area contributed by atoms with E-state index in [1.54, 1.807) is 17.2 Å². The molecular formula is C13H21N3O. The van der Waals surface area contributed by atoms with Crippen LogP contribution in [0, 0.1) is 12.8 Å². The molecule has 0 fully saturated rings. The number of pyridine rings is 1. The van der Waals surface area contributed by atoms with Gasteiger partial charge in [0.15, 0.2) is 0 Å². The number of nitrogens with two attached hydrogens (primary N) is 1. The predicted octanol–water partition coefficient (Wildman–Crippen LogP) is 2.09. The van der Waals surface area contributed by atoms with E-state index >= 15 is 0 Å². The third-order valence-electron chi connectivity index (χ3n) is 2.56. The first-order chi connectivity index (χ1) is 7.95. The van der Waals surface area contributed by atoms with Crippen molar-refractivity contribution < 1.29 is 4.79 Å². The number of aromatic nitrogens is 1. The molecule has 0 unspecified atom stereocenters. The Hall–Kier alpha value is -1.58. The summed E-state index contributed by atoms with van der Waals surface area (Å²) in [5.41, 5.74) is 7.69. The van der Waals surface area contributed by atoms with Gasteiger partial charge in [-0.1, -0.05) is 13.8 Å². The lowest BCUT2D eigenvalue weighted by molar-refractivity contribution is 0.0746. The van der Waals surface area contributed by atoms with Gasteiger partial charge in [-0.25, -0.2) is 0 Å². The highest BCUT2D eigenvalue weighted by Gasteiger charge is 2.17. The molecule has 0 spiro atoms. The molecule has 4 heteroatoms. The average Bonchev–Trinajstić information content (AvgIpc) is 2.24. The minimum absolute atomic E-state index is 0.0359. The van der Waals surface area contributed by atoms with Gasteiger partial charge in [0.25, 0.3) is 5.91 Å². The van der Waals surface area contributed by atoms with E-state index in [-0.39, 0.29) is 5.91 Å². The Morgan fingerprint density at radius 1 is 1.53 bits per heavy atom. The van der Waals surface area contributed by atoms with Gasteiger partial charge in [-0.15, -0.1) is 0 Å². The van der Waals surface area contributed by atoms with Crippen molar-refractivity contribution in [1.82, 2.24) is 9.88 Å². The Morgan fingerprint density at radius 3 is 2.65 bits per heavy atom. The molecule has 2 N–H and O–H groups in total. The van der Waals surface area contributed by atoms with E-state index in [0.717, 1.165) is 12.2 Å². The number of nitrogen functional groups attached to an aromatic ring is 1. The summed E-state index contributed by atoms with van der Waals surface area (Å²) >= 11 is 0. The van der Waals surface area contributed by atoms with Gasteiger partial charge in [0.1, 0.15) is 0 Å². The molecule has 17 heavy (non-hydrogen) atoms. The standard InChI is InChI=1S/C13H21N3O/c1-5-16(8-9(2)3)13(17)11-7-15-10(4)6-12(11)14/h6-7,9H,5,8H2,1-4H3,(H2,14,15). The Kier molecular flexibility index (Phi) is 4.49. The molecule has 0 bridgehead atoms. The number of carbonyl (C=O) groups is 1. The van der Waals surface area contributed by atoms with Crippen LogP contribution in [-0.4, -0.2) is 28.9 Å². The molecule has 0 aromatic carbocycles. The number of rotatable bonds is 4. The second-order valence-corrected chi connectivity index (χ2v) is 4.65. The lowest BCUT2D eigenvalue weighted by atomic mass is 10.1. The minimum atomic E-state index is -0.0359. The third kappa shape index (κ3) is 3.44. The molecule has 0 saturated heterocycles. The predicted molar refractivity (Wildman–Crippen MR) is 69.8 cm³/mol. The number of carbonyl (C=O) groups excluding carboxylic acids is 1. The summed E-state index contributed by atoms with van der Waals surface area (Å²) in [5.74, 6) is 0.407. The fraction of sp³-hybridized carbons (Fsp3) is 0.538. The van der Waals surface area contributed by atoms with E-state index in [1.165, 1.54) is 0 Å². The second-order valence-electron chi connectivity index (χ2n) is 4.65. The maximum Gasteiger partial charge on any atom is 0.257 e. The van der Waals surface area contributed by atoms with Crippen LogP contribution < -0.4 is 5.73 Å². The average molecular weight is 235 g/mol. The van der Waals surface area contributed by atoms with Crippen LogP contribution in [0.1, 0.15) is 36.8 Å². The molecule has 4 nitrogen and oxygen atoms in total. The number of hydrogen-bond acceptors (Lipinski definition) is 3. The van der Waals surface area contributed by atoms with Gasteiger partial charge in [0, 0.05) is 30.7 Å². The SMILES string of the molecule is CCN(CC(C)C)C(=O)c1cnc(C)cc1N. The van der Waals surface area contributed by atoms with E-state index in [2.05, 4.69) is 18.8 Å². The first-order valence-corrected chi connectivity index (χ1v) is 5.97. The smallest absolute Gasteiger partial charge is 0.257 e. The summed E-state index contributed by atoms with van der Waals surface area (Å²) < 4.78 is 0. The van der Waals surface area contributed by atoms with Crippen molar-refractivity contribution in [3.8, 4) is 0 Å². The van der Waals surface area contributed by atoms with E-state index < -0.39 is 0 Å². The fourth-order valence-corrected chi connectivity index (χ4v) is 1.73. The summed E-state index contributed by atoms with van der Waals surface area (Å²) in [4.78, 5) is 18.2. The quantitative estimate of drug-likeness (QED) is 0.869. The zero-order valence-electron chi connectivity index (χ0n) is 11.0. The number of amides is 1. The topological polar surface area (TPSA) is 59.2 Å². The van der Waals surface area contributed by atoms with Gasteiger partial charge in [-0.3, -0.25) is 9.78 Å². The van der Waals surface area contributed by atoms with Crippen molar-refractivity contribution in [2.24, 2.45) is 5.92 Å². The van der Waals surface area contributed by atoms with Crippen molar-refractivity contribution in [3.05, 3.63) is 23.5 Å². The molecule has 94 valence electrons.